The summed E-state index contributed by atoms with van der Waals surface area (Å²) in [6, 6.07) is 3.36. The van der Waals surface area contributed by atoms with Crippen LogP contribution in [-0.2, 0) is 24.7 Å². The molecule has 0 radical (unpaired) electrons. The normalized spacial score (nSPS) is 13.4. The lowest BCUT2D eigenvalue weighted by atomic mass is 9.96. The van der Waals surface area contributed by atoms with Gasteiger partial charge in [0.25, 0.3) is 0 Å². The molecule has 4 rings (SSSR count). The zero-order valence-corrected chi connectivity index (χ0v) is 17.1. The highest BCUT2D eigenvalue weighted by Gasteiger charge is 2.21. The maximum Gasteiger partial charge on any atom is 0.236 e. The first-order valence-corrected chi connectivity index (χ1v) is 10.9. The highest BCUT2D eigenvalue weighted by molar-refractivity contribution is 7.99. The lowest BCUT2D eigenvalue weighted by molar-refractivity contribution is -0.113. The molecular weight excluding hydrogens is 402 g/mol. The number of nitrogens with zero attached hydrogens (tertiary/aromatic N) is 4. The highest BCUT2D eigenvalue weighted by Crippen LogP contribution is 2.36. The van der Waals surface area contributed by atoms with Gasteiger partial charge in [-0.3, -0.25) is 4.79 Å². The van der Waals surface area contributed by atoms with Crippen LogP contribution in [0.3, 0.4) is 0 Å². The second kappa shape index (κ2) is 8.00. The van der Waals surface area contributed by atoms with Gasteiger partial charge in [-0.1, -0.05) is 23.4 Å². The number of aryl methyl sites for hydroxylation is 1. The number of aromatic nitrogens is 4. The smallest absolute Gasteiger partial charge is 0.236 e. The SMILES string of the molecule is Cn1c(SCC(=O)Nc2ccc(Cl)cn2)nnc1-c1csc2c1CCCC2. The Balaban J connectivity index is 1.43. The van der Waals surface area contributed by atoms with Gasteiger partial charge in [-0.2, -0.15) is 0 Å². The first kappa shape index (κ1) is 18.5. The molecule has 0 spiro atoms. The van der Waals surface area contributed by atoms with Crippen LogP contribution in [-0.4, -0.2) is 31.4 Å². The molecule has 0 saturated carbocycles. The molecule has 1 aliphatic carbocycles. The van der Waals surface area contributed by atoms with E-state index in [2.05, 4.69) is 25.9 Å². The van der Waals surface area contributed by atoms with Crippen molar-refractivity contribution in [2.24, 2.45) is 7.05 Å². The molecule has 0 unspecified atom stereocenters. The van der Waals surface area contributed by atoms with Crippen LogP contribution in [0.4, 0.5) is 5.82 Å². The molecule has 140 valence electrons. The minimum atomic E-state index is -0.146. The fourth-order valence-corrected chi connectivity index (χ4v) is 5.06. The first-order chi connectivity index (χ1) is 13.1. The van der Waals surface area contributed by atoms with E-state index in [9.17, 15) is 4.79 Å². The van der Waals surface area contributed by atoms with Crippen molar-refractivity contribution in [2.45, 2.75) is 30.8 Å². The molecule has 0 saturated heterocycles. The lowest BCUT2D eigenvalue weighted by Crippen LogP contribution is -2.15. The Morgan fingerprint density at radius 2 is 2.19 bits per heavy atom. The molecular formula is C18H18ClN5OS2. The number of halogens is 1. The van der Waals surface area contributed by atoms with E-state index in [4.69, 9.17) is 11.6 Å². The summed E-state index contributed by atoms with van der Waals surface area (Å²) in [5, 5.41) is 14.8. The van der Waals surface area contributed by atoms with E-state index < -0.39 is 0 Å². The molecule has 1 aliphatic rings. The standard InChI is InChI=1S/C18H18ClN5OS2/c1-24-17(13-9-26-14-5-3-2-4-12(13)14)22-23-18(24)27-10-16(25)21-15-7-6-11(19)8-20-15/h6-9H,2-5,10H2,1H3,(H,20,21,25). The maximum absolute atomic E-state index is 12.1. The number of pyridine rings is 1. The molecule has 0 atom stereocenters. The number of hydrogen-bond acceptors (Lipinski definition) is 6. The van der Waals surface area contributed by atoms with Crippen LogP contribution in [0.2, 0.25) is 5.02 Å². The Morgan fingerprint density at radius 1 is 1.33 bits per heavy atom. The maximum atomic E-state index is 12.1. The second-order valence-corrected chi connectivity index (χ2v) is 8.67. The predicted octanol–water partition coefficient (Wildman–Crippen LogP) is 4.20. The van der Waals surface area contributed by atoms with Gasteiger partial charge in [-0.15, -0.1) is 21.5 Å². The van der Waals surface area contributed by atoms with E-state index in [1.807, 2.05) is 23.0 Å². The Labute approximate surface area is 170 Å². The molecule has 1 amide bonds. The van der Waals surface area contributed by atoms with Gasteiger partial charge in [0, 0.05) is 29.1 Å². The van der Waals surface area contributed by atoms with Crippen molar-refractivity contribution in [3.63, 3.8) is 0 Å². The third kappa shape index (κ3) is 4.02. The summed E-state index contributed by atoms with van der Waals surface area (Å²) in [5.74, 6) is 1.44. The topological polar surface area (TPSA) is 72.7 Å². The quantitative estimate of drug-likeness (QED) is 0.627. The largest absolute Gasteiger partial charge is 0.310 e. The van der Waals surface area contributed by atoms with E-state index in [-0.39, 0.29) is 11.7 Å². The van der Waals surface area contributed by atoms with E-state index in [0.29, 0.717) is 10.8 Å². The van der Waals surface area contributed by atoms with Crippen molar-refractivity contribution in [3.8, 4) is 11.4 Å². The minimum absolute atomic E-state index is 0.146. The van der Waals surface area contributed by atoms with Crippen molar-refractivity contribution >= 4 is 46.4 Å². The van der Waals surface area contributed by atoms with Gasteiger partial charge < -0.3 is 9.88 Å². The lowest BCUT2D eigenvalue weighted by Gasteiger charge is -2.12. The third-order valence-corrected chi connectivity index (χ3v) is 6.80. The van der Waals surface area contributed by atoms with Crippen LogP contribution < -0.4 is 5.32 Å². The fourth-order valence-electron chi connectivity index (χ4n) is 3.12. The monoisotopic (exact) mass is 419 g/mol. The summed E-state index contributed by atoms with van der Waals surface area (Å²) < 4.78 is 1.97. The Bertz CT molecular complexity index is 967. The van der Waals surface area contributed by atoms with Crippen molar-refractivity contribution in [2.75, 3.05) is 11.1 Å². The number of thiophene rings is 1. The number of nitrogens with one attached hydrogen (secondary N) is 1. The predicted molar refractivity (Wildman–Crippen MR) is 110 cm³/mol. The molecule has 0 aliphatic heterocycles. The summed E-state index contributed by atoms with van der Waals surface area (Å²) in [6.45, 7) is 0. The van der Waals surface area contributed by atoms with Gasteiger partial charge in [-0.05, 0) is 43.4 Å². The molecule has 3 heterocycles. The molecule has 0 bridgehead atoms. The minimum Gasteiger partial charge on any atom is -0.310 e. The van der Waals surface area contributed by atoms with Crippen LogP contribution in [0.5, 0.6) is 0 Å². The fraction of sp³-hybridized carbons (Fsp3) is 0.333. The van der Waals surface area contributed by atoms with E-state index in [1.165, 1.54) is 53.2 Å². The number of amides is 1. The number of carbonyl (C=O) groups excluding carboxylic acids is 1. The van der Waals surface area contributed by atoms with Crippen molar-refractivity contribution in [1.82, 2.24) is 19.7 Å². The van der Waals surface area contributed by atoms with Crippen molar-refractivity contribution in [3.05, 3.63) is 39.2 Å². The van der Waals surface area contributed by atoms with Gasteiger partial charge >= 0.3 is 0 Å². The van der Waals surface area contributed by atoms with Crippen LogP contribution in [0.15, 0.2) is 28.9 Å². The average molecular weight is 420 g/mol. The number of fused-ring (bicyclic) bond motifs is 1. The molecule has 3 aromatic heterocycles. The Kier molecular flexibility index (Phi) is 5.47. The van der Waals surface area contributed by atoms with Crippen molar-refractivity contribution < 1.29 is 4.79 Å². The van der Waals surface area contributed by atoms with Crippen LogP contribution in [0, 0.1) is 0 Å². The Hall–Kier alpha value is -1.90. The molecule has 3 aromatic rings. The molecule has 0 fully saturated rings. The van der Waals surface area contributed by atoms with E-state index >= 15 is 0 Å². The zero-order valence-electron chi connectivity index (χ0n) is 14.7. The number of carbonyl (C=O) groups is 1. The van der Waals surface area contributed by atoms with Crippen LogP contribution in [0.1, 0.15) is 23.3 Å². The van der Waals surface area contributed by atoms with Crippen LogP contribution >= 0.6 is 34.7 Å². The van der Waals surface area contributed by atoms with E-state index in [0.717, 1.165) is 17.4 Å². The van der Waals surface area contributed by atoms with Gasteiger partial charge in [0.05, 0.1) is 10.8 Å². The third-order valence-electron chi connectivity index (χ3n) is 4.46. The molecule has 1 N–H and O–H groups in total. The molecule has 0 aromatic carbocycles. The number of rotatable bonds is 5. The van der Waals surface area contributed by atoms with E-state index in [1.54, 1.807) is 12.1 Å². The molecule has 6 nitrogen and oxygen atoms in total. The summed E-state index contributed by atoms with van der Waals surface area (Å²) >= 11 is 8.98. The Morgan fingerprint density at radius 3 is 3.00 bits per heavy atom. The number of hydrogen-bond donors (Lipinski definition) is 1. The summed E-state index contributed by atoms with van der Waals surface area (Å²) in [5.41, 5.74) is 2.61. The van der Waals surface area contributed by atoms with Crippen molar-refractivity contribution in [1.29, 1.82) is 0 Å². The van der Waals surface area contributed by atoms with Gasteiger partial charge in [-0.25, -0.2) is 4.98 Å². The van der Waals surface area contributed by atoms with Gasteiger partial charge in [0.2, 0.25) is 5.91 Å². The second-order valence-electron chi connectivity index (χ2n) is 6.32. The average Bonchev–Trinajstić information content (AvgIpc) is 3.25. The summed E-state index contributed by atoms with van der Waals surface area (Å²) in [4.78, 5) is 17.7. The van der Waals surface area contributed by atoms with Gasteiger partial charge in [0.1, 0.15) is 5.82 Å². The number of anilines is 1. The summed E-state index contributed by atoms with van der Waals surface area (Å²) in [6.07, 6.45) is 6.28. The summed E-state index contributed by atoms with van der Waals surface area (Å²) in [7, 11) is 1.95. The zero-order chi connectivity index (χ0) is 18.8. The number of thioether (sulfide) groups is 1. The molecule has 27 heavy (non-hydrogen) atoms. The van der Waals surface area contributed by atoms with Crippen LogP contribution in [0.25, 0.3) is 11.4 Å². The first-order valence-electron chi connectivity index (χ1n) is 8.65. The molecule has 9 heteroatoms. The highest BCUT2D eigenvalue weighted by atomic mass is 35.5. The van der Waals surface area contributed by atoms with Gasteiger partial charge in [0.15, 0.2) is 11.0 Å².